The molecule has 8 heteroatoms. The third-order valence-electron chi connectivity index (χ3n) is 9.00. The zero-order valence-electron chi connectivity index (χ0n) is 30.6. The summed E-state index contributed by atoms with van der Waals surface area (Å²) in [7, 11) is 0. The van der Waals surface area contributed by atoms with Crippen molar-refractivity contribution in [2.75, 3.05) is 26.4 Å². The van der Waals surface area contributed by atoms with Gasteiger partial charge in [0.05, 0.1) is 48.7 Å². The minimum absolute atomic E-state index is 0.00395. The Morgan fingerprint density at radius 2 is 0.574 bits per heavy atom. The maximum Gasteiger partial charge on any atom is 0.339 e. The first kappa shape index (κ1) is 37.2. The molecule has 6 rings (SSSR count). The fraction of sp³-hybridized carbons (Fsp3) is 0.174. The number of carbonyl (C=O) groups is 4. The van der Waals surface area contributed by atoms with Crippen molar-refractivity contribution in [3.63, 3.8) is 0 Å². The second-order valence-electron chi connectivity index (χ2n) is 12.1. The van der Waals surface area contributed by atoms with Gasteiger partial charge in [-0.2, -0.15) is 0 Å². The number of ether oxygens (including phenoxy) is 4. The zero-order valence-corrected chi connectivity index (χ0v) is 30.6. The Hall–Kier alpha value is -6.54. The molecule has 0 aromatic heterocycles. The lowest BCUT2D eigenvalue weighted by Crippen LogP contribution is -2.17. The van der Waals surface area contributed by atoms with Crippen LogP contribution in [0.15, 0.2) is 121 Å². The second kappa shape index (κ2) is 16.9. The van der Waals surface area contributed by atoms with E-state index in [2.05, 4.69) is 0 Å². The summed E-state index contributed by atoms with van der Waals surface area (Å²) in [6.07, 6.45) is 0. The number of hydrogen-bond donors (Lipinski definition) is 0. The minimum atomic E-state index is -0.726. The van der Waals surface area contributed by atoms with E-state index in [0.29, 0.717) is 33.0 Å². The van der Waals surface area contributed by atoms with E-state index in [4.69, 9.17) is 18.9 Å². The van der Waals surface area contributed by atoms with E-state index in [1.54, 1.807) is 76.2 Å². The Labute approximate surface area is 313 Å². The van der Waals surface area contributed by atoms with E-state index in [9.17, 15) is 19.2 Å². The second-order valence-corrected chi connectivity index (χ2v) is 12.1. The largest absolute Gasteiger partial charge is 0.462 e. The highest BCUT2D eigenvalue weighted by Crippen LogP contribution is 2.40. The summed E-state index contributed by atoms with van der Waals surface area (Å²) in [4.78, 5) is 56.5. The molecule has 0 bridgehead atoms. The maximum atomic E-state index is 14.2. The van der Waals surface area contributed by atoms with Crippen LogP contribution in [0.25, 0.3) is 54.6 Å². The van der Waals surface area contributed by atoms with Crippen molar-refractivity contribution in [2.45, 2.75) is 27.7 Å². The van der Waals surface area contributed by atoms with E-state index < -0.39 is 23.9 Å². The third kappa shape index (κ3) is 7.23. The van der Waals surface area contributed by atoms with E-state index in [1.165, 1.54) is 0 Å². The molecule has 0 saturated heterocycles. The molecule has 0 fully saturated rings. The molecule has 6 aromatic rings. The minimum Gasteiger partial charge on any atom is -0.462 e. The van der Waals surface area contributed by atoms with Gasteiger partial charge in [0.1, 0.15) is 0 Å². The number of fused-ring (bicyclic) bond motifs is 3. The molecule has 0 N–H and O–H groups in total. The van der Waals surface area contributed by atoms with Crippen molar-refractivity contribution >= 4 is 78.5 Å². The highest BCUT2D eigenvalue weighted by atomic mass is 16.5. The summed E-state index contributed by atoms with van der Waals surface area (Å²) < 4.78 is 22.5. The van der Waals surface area contributed by atoms with E-state index in [-0.39, 0.29) is 48.7 Å². The van der Waals surface area contributed by atoms with Crippen molar-refractivity contribution in [3.05, 3.63) is 144 Å². The highest BCUT2D eigenvalue weighted by Gasteiger charge is 2.31. The maximum absolute atomic E-state index is 14.2. The lowest BCUT2D eigenvalue weighted by Gasteiger charge is -2.20. The van der Waals surface area contributed by atoms with Gasteiger partial charge in [0.2, 0.25) is 0 Å². The smallest absolute Gasteiger partial charge is 0.339 e. The number of esters is 4. The van der Waals surface area contributed by atoms with Gasteiger partial charge in [0.15, 0.2) is 0 Å². The molecule has 6 aromatic carbocycles. The summed E-state index contributed by atoms with van der Waals surface area (Å²) in [6, 6.07) is 36.7. The zero-order chi connectivity index (χ0) is 38.2. The topological polar surface area (TPSA) is 105 Å². The van der Waals surface area contributed by atoms with Crippen molar-refractivity contribution < 1.29 is 38.1 Å². The number of carbonyl (C=O) groups excluding carboxylic acids is 4. The van der Waals surface area contributed by atoms with Gasteiger partial charge in [-0.1, -0.05) is 121 Å². The van der Waals surface area contributed by atoms with Crippen LogP contribution in [0.3, 0.4) is 0 Å². The van der Waals surface area contributed by atoms with Crippen molar-refractivity contribution in [2.24, 2.45) is 0 Å². The van der Waals surface area contributed by atoms with Crippen LogP contribution in [0.4, 0.5) is 0 Å². The molecular formula is C46H40O8. The average Bonchev–Trinajstić information content (AvgIpc) is 3.18. The molecule has 0 spiro atoms. The molecule has 0 aliphatic rings. The van der Waals surface area contributed by atoms with Gasteiger partial charge in [-0.3, -0.25) is 0 Å². The quantitative estimate of drug-likeness (QED) is 0.0534. The number of hydrogen-bond acceptors (Lipinski definition) is 8. The first-order chi connectivity index (χ1) is 26.3. The van der Waals surface area contributed by atoms with Crippen LogP contribution in [0.2, 0.25) is 0 Å². The normalized spacial score (nSPS) is 12.1. The summed E-state index contributed by atoms with van der Waals surface area (Å²) in [5.41, 5.74) is 1.80. The molecule has 272 valence electrons. The van der Waals surface area contributed by atoms with Gasteiger partial charge in [0, 0.05) is 0 Å². The summed E-state index contributed by atoms with van der Waals surface area (Å²) in [5.74, 6) is -2.85. The van der Waals surface area contributed by atoms with Crippen LogP contribution < -0.4 is 0 Å². The lowest BCUT2D eigenvalue weighted by atomic mass is 9.86. The summed E-state index contributed by atoms with van der Waals surface area (Å²) in [6.45, 7) is 7.03. The molecule has 0 radical (unpaired) electrons. The van der Waals surface area contributed by atoms with Crippen LogP contribution in [-0.2, 0) is 38.1 Å². The lowest BCUT2D eigenvalue weighted by molar-refractivity contribution is -0.138. The predicted molar refractivity (Wildman–Crippen MR) is 212 cm³/mol. The van der Waals surface area contributed by atoms with Gasteiger partial charge in [-0.05, 0) is 82.3 Å². The average molecular weight is 721 g/mol. The fourth-order valence-electron chi connectivity index (χ4n) is 6.83. The van der Waals surface area contributed by atoms with Crippen molar-refractivity contribution in [1.82, 2.24) is 0 Å². The number of rotatable bonds is 12. The van der Waals surface area contributed by atoms with Gasteiger partial charge in [0.25, 0.3) is 0 Å². The Morgan fingerprint density at radius 1 is 0.333 bits per heavy atom. The predicted octanol–water partition coefficient (Wildman–Crippen LogP) is 9.22. The Morgan fingerprint density at radius 3 is 0.889 bits per heavy atom. The highest BCUT2D eigenvalue weighted by molar-refractivity contribution is 6.42. The molecule has 8 nitrogen and oxygen atoms in total. The molecule has 0 unspecified atom stereocenters. The first-order valence-corrected chi connectivity index (χ1v) is 18.0. The standard InChI is InChI=1S/C46H40O8/c1-5-51-43(47)39(35-25-13-19-29-17-9-11-21-31(29)35)41(45(49)53-7-3)37-27-15-24-34-33(37)23-16-28-38(34)42(46(50)54-8-4)40(44(48)52-6-2)36-26-14-20-30-18-10-12-22-32(30)36/h9-28H,5-8H2,1-4H3/b41-39-,42-40-. The third-order valence-corrected chi connectivity index (χ3v) is 9.00. The fourth-order valence-corrected chi connectivity index (χ4v) is 6.83. The SMILES string of the molecule is CCOC(=O)/C(=C(\C(=O)OCC)c1cccc2c(/C(C(=O)OCC)=C(/C(=O)OCC)c3cccc4ccccc34)cccc12)c1cccc2ccccc12. The molecular weight excluding hydrogens is 680 g/mol. The van der Waals surface area contributed by atoms with E-state index in [0.717, 1.165) is 21.5 Å². The van der Waals surface area contributed by atoms with Crippen LogP contribution in [0.5, 0.6) is 0 Å². The van der Waals surface area contributed by atoms with Crippen LogP contribution >= 0.6 is 0 Å². The molecule has 0 amide bonds. The van der Waals surface area contributed by atoms with Crippen molar-refractivity contribution in [1.29, 1.82) is 0 Å². The van der Waals surface area contributed by atoms with Crippen LogP contribution in [-0.4, -0.2) is 50.3 Å². The molecule has 54 heavy (non-hydrogen) atoms. The molecule has 0 aliphatic heterocycles. The first-order valence-electron chi connectivity index (χ1n) is 18.0. The van der Waals surface area contributed by atoms with Gasteiger partial charge in [-0.25, -0.2) is 19.2 Å². The van der Waals surface area contributed by atoms with Gasteiger partial charge >= 0.3 is 23.9 Å². The Bertz CT molecular complexity index is 2290. The van der Waals surface area contributed by atoms with Gasteiger partial charge < -0.3 is 18.9 Å². The molecule has 0 heterocycles. The van der Waals surface area contributed by atoms with Crippen molar-refractivity contribution in [3.8, 4) is 0 Å². The van der Waals surface area contributed by atoms with Gasteiger partial charge in [-0.15, -0.1) is 0 Å². The number of benzene rings is 6. The van der Waals surface area contributed by atoms with E-state index in [1.807, 2.05) is 72.8 Å². The monoisotopic (exact) mass is 720 g/mol. The molecule has 0 saturated carbocycles. The molecule has 0 aliphatic carbocycles. The molecule has 0 atom stereocenters. The van der Waals surface area contributed by atoms with Crippen LogP contribution in [0.1, 0.15) is 49.9 Å². The van der Waals surface area contributed by atoms with E-state index >= 15 is 0 Å². The summed E-state index contributed by atoms with van der Waals surface area (Å²) in [5, 5.41) is 4.25. The Kier molecular flexibility index (Phi) is 11.6. The van der Waals surface area contributed by atoms with Crippen LogP contribution in [0, 0.1) is 0 Å². The Balaban J connectivity index is 1.75. The summed E-state index contributed by atoms with van der Waals surface area (Å²) >= 11 is 0.